The van der Waals surface area contributed by atoms with Crippen LogP contribution < -0.4 is 0 Å². The molecule has 0 unspecified atom stereocenters. The maximum absolute atomic E-state index is 13.9. The molecule has 0 saturated heterocycles. The van der Waals surface area contributed by atoms with Crippen molar-refractivity contribution in [3.63, 3.8) is 0 Å². The molecule has 0 aliphatic heterocycles. The molecule has 1 aromatic heterocycles. The van der Waals surface area contributed by atoms with E-state index in [1.165, 1.54) is 12.1 Å². The number of carbonyl (C=O) groups is 1. The highest BCUT2D eigenvalue weighted by Crippen LogP contribution is 2.24. The zero-order valence-electron chi connectivity index (χ0n) is 17.9. The minimum atomic E-state index is -0.433. The molecule has 0 saturated carbocycles. The highest BCUT2D eigenvalue weighted by molar-refractivity contribution is 5.94. The van der Waals surface area contributed by atoms with Crippen LogP contribution in [0.4, 0.5) is 4.39 Å². The third kappa shape index (κ3) is 4.39. The number of fused-ring (bicyclic) bond motifs is 1. The average molecular weight is 436 g/mol. The molecular formula is C28H22FN3O. The SMILES string of the molecule is O=C(c1cccc(F)c1)N(Cc1ccccc1)Cc1nc2ccccc2n1-c1ccccc1. The predicted molar refractivity (Wildman–Crippen MR) is 127 cm³/mol. The maximum atomic E-state index is 13.9. The van der Waals surface area contributed by atoms with E-state index in [1.54, 1.807) is 17.0 Å². The molecule has 0 atom stereocenters. The fraction of sp³-hybridized carbons (Fsp3) is 0.0714. The highest BCUT2D eigenvalue weighted by Gasteiger charge is 2.21. The van der Waals surface area contributed by atoms with Crippen LogP contribution in [0.1, 0.15) is 21.7 Å². The van der Waals surface area contributed by atoms with Crippen molar-refractivity contribution in [3.8, 4) is 5.69 Å². The monoisotopic (exact) mass is 435 g/mol. The van der Waals surface area contributed by atoms with Gasteiger partial charge in [0.15, 0.2) is 0 Å². The van der Waals surface area contributed by atoms with Gasteiger partial charge in [-0.15, -0.1) is 0 Å². The molecule has 0 aliphatic rings. The van der Waals surface area contributed by atoms with Crippen molar-refractivity contribution in [1.82, 2.24) is 14.5 Å². The number of rotatable bonds is 6. The number of amides is 1. The average Bonchev–Trinajstić information content (AvgIpc) is 3.22. The maximum Gasteiger partial charge on any atom is 0.254 e. The second kappa shape index (κ2) is 9.09. The zero-order chi connectivity index (χ0) is 22.6. The largest absolute Gasteiger partial charge is 0.327 e. The summed E-state index contributed by atoms with van der Waals surface area (Å²) in [6.45, 7) is 0.655. The van der Waals surface area contributed by atoms with Crippen LogP contribution in [0.5, 0.6) is 0 Å². The van der Waals surface area contributed by atoms with Crippen molar-refractivity contribution in [2.75, 3.05) is 0 Å². The molecule has 1 heterocycles. The van der Waals surface area contributed by atoms with Crippen LogP contribution in [-0.2, 0) is 13.1 Å². The number of nitrogens with zero attached hydrogens (tertiary/aromatic N) is 3. The Kier molecular flexibility index (Phi) is 5.68. The van der Waals surface area contributed by atoms with Crippen LogP contribution in [0.25, 0.3) is 16.7 Å². The molecule has 4 nitrogen and oxygen atoms in total. The van der Waals surface area contributed by atoms with Crippen LogP contribution >= 0.6 is 0 Å². The lowest BCUT2D eigenvalue weighted by molar-refractivity contribution is 0.0724. The highest BCUT2D eigenvalue weighted by atomic mass is 19.1. The summed E-state index contributed by atoms with van der Waals surface area (Å²) in [5.74, 6) is 0.0603. The molecule has 0 fully saturated rings. The Morgan fingerprint density at radius 3 is 2.24 bits per heavy atom. The Bertz CT molecular complexity index is 1400. The second-order valence-electron chi connectivity index (χ2n) is 7.84. The Morgan fingerprint density at radius 2 is 1.48 bits per heavy atom. The van der Waals surface area contributed by atoms with Crippen molar-refractivity contribution in [1.29, 1.82) is 0 Å². The topological polar surface area (TPSA) is 38.1 Å². The fourth-order valence-electron chi connectivity index (χ4n) is 4.03. The van der Waals surface area contributed by atoms with Gasteiger partial charge >= 0.3 is 0 Å². The van der Waals surface area contributed by atoms with E-state index < -0.39 is 5.82 Å². The molecule has 5 rings (SSSR count). The van der Waals surface area contributed by atoms with E-state index in [9.17, 15) is 9.18 Å². The molecule has 5 heteroatoms. The van der Waals surface area contributed by atoms with Crippen molar-refractivity contribution in [2.45, 2.75) is 13.1 Å². The van der Waals surface area contributed by atoms with Gasteiger partial charge in [-0.05, 0) is 48.0 Å². The lowest BCUT2D eigenvalue weighted by atomic mass is 10.1. The Labute approximate surface area is 191 Å². The fourth-order valence-corrected chi connectivity index (χ4v) is 4.03. The molecule has 0 aliphatic carbocycles. The number of aromatic nitrogens is 2. The van der Waals surface area contributed by atoms with Gasteiger partial charge in [-0.25, -0.2) is 9.37 Å². The first-order chi connectivity index (χ1) is 16.2. The quantitative estimate of drug-likeness (QED) is 0.328. The summed E-state index contributed by atoms with van der Waals surface area (Å²) in [4.78, 5) is 20.1. The molecule has 0 bridgehead atoms. The standard InChI is InChI=1S/C28H22FN3O/c29-23-13-9-12-22(18-23)28(33)31(19-21-10-3-1-4-11-21)20-27-30-25-16-7-8-17-26(25)32(27)24-14-5-2-6-15-24/h1-18H,19-20H2. The number of hydrogen-bond donors (Lipinski definition) is 0. The second-order valence-corrected chi connectivity index (χ2v) is 7.84. The van der Waals surface area contributed by atoms with Crippen LogP contribution in [0.15, 0.2) is 109 Å². The molecule has 162 valence electrons. The van der Waals surface area contributed by atoms with Gasteiger partial charge in [0.2, 0.25) is 0 Å². The molecular weight excluding hydrogens is 413 g/mol. The van der Waals surface area contributed by atoms with E-state index in [1.807, 2.05) is 84.9 Å². The summed E-state index contributed by atoms with van der Waals surface area (Å²) in [5.41, 5.74) is 4.10. The first-order valence-electron chi connectivity index (χ1n) is 10.8. The third-order valence-corrected chi connectivity index (χ3v) is 5.55. The van der Waals surface area contributed by atoms with Crippen molar-refractivity contribution < 1.29 is 9.18 Å². The predicted octanol–water partition coefficient (Wildman–Crippen LogP) is 6.01. The van der Waals surface area contributed by atoms with Crippen LogP contribution in [-0.4, -0.2) is 20.4 Å². The number of carbonyl (C=O) groups excluding carboxylic acids is 1. The molecule has 33 heavy (non-hydrogen) atoms. The van der Waals surface area contributed by atoms with E-state index in [0.717, 1.165) is 28.1 Å². The van der Waals surface area contributed by atoms with Gasteiger partial charge in [-0.2, -0.15) is 0 Å². The van der Waals surface area contributed by atoms with Crippen LogP contribution in [0.2, 0.25) is 0 Å². The number of halogens is 1. The summed E-state index contributed by atoms with van der Waals surface area (Å²) in [6.07, 6.45) is 0. The van der Waals surface area contributed by atoms with Crippen LogP contribution in [0, 0.1) is 5.82 Å². The molecule has 0 spiro atoms. The Hall–Kier alpha value is -4.25. The lowest BCUT2D eigenvalue weighted by Crippen LogP contribution is -2.31. The van der Waals surface area contributed by atoms with Crippen molar-refractivity contribution >= 4 is 16.9 Å². The summed E-state index contributed by atoms with van der Waals surface area (Å²) in [7, 11) is 0. The summed E-state index contributed by atoms with van der Waals surface area (Å²) in [6, 6.07) is 33.5. The Morgan fingerprint density at radius 1 is 0.788 bits per heavy atom. The number of imidazole rings is 1. The Balaban J connectivity index is 1.59. The number of hydrogen-bond acceptors (Lipinski definition) is 2. The molecule has 4 aromatic carbocycles. The van der Waals surface area contributed by atoms with Gasteiger partial charge in [-0.3, -0.25) is 9.36 Å². The van der Waals surface area contributed by atoms with Gasteiger partial charge < -0.3 is 4.90 Å². The van der Waals surface area contributed by atoms with Crippen LogP contribution in [0.3, 0.4) is 0 Å². The summed E-state index contributed by atoms with van der Waals surface area (Å²) >= 11 is 0. The summed E-state index contributed by atoms with van der Waals surface area (Å²) in [5, 5.41) is 0. The lowest BCUT2D eigenvalue weighted by Gasteiger charge is -2.23. The minimum Gasteiger partial charge on any atom is -0.327 e. The van der Waals surface area contributed by atoms with Gasteiger partial charge in [-0.1, -0.05) is 66.7 Å². The first kappa shape index (κ1) is 20.6. The van der Waals surface area contributed by atoms with Gasteiger partial charge in [0, 0.05) is 17.8 Å². The van der Waals surface area contributed by atoms with E-state index in [0.29, 0.717) is 12.1 Å². The normalized spacial score (nSPS) is 10.9. The van der Waals surface area contributed by atoms with E-state index in [-0.39, 0.29) is 12.5 Å². The number of benzene rings is 4. The van der Waals surface area contributed by atoms with E-state index in [2.05, 4.69) is 4.57 Å². The first-order valence-corrected chi connectivity index (χ1v) is 10.8. The van der Waals surface area contributed by atoms with Gasteiger partial charge in [0.25, 0.3) is 5.91 Å². The molecule has 5 aromatic rings. The van der Waals surface area contributed by atoms with Crippen molar-refractivity contribution in [2.24, 2.45) is 0 Å². The van der Waals surface area contributed by atoms with Gasteiger partial charge in [0.1, 0.15) is 11.6 Å². The molecule has 0 radical (unpaired) electrons. The van der Waals surface area contributed by atoms with Gasteiger partial charge in [0.05, 0.1) is 17.6 Å². The summed E-state index contributed by atoms with van der Waals surface area (Å²) < 4.78 is 16.0. The third-order valence-electron chi connectivity index (χ3n) is 5.55. The molecule has 0 N–H and O–H groups in total. The van der Waals surface area contributed by atoms with Crippen molar-refractivity contribution in [3.05, 3.63) is 132 Å². The van der Waals surface area contributed by atoms with E-state index in [4.69, 9.17) is 4.98 Å². The zero-order valence-corrected chi connectivity index (χ0v) is 17.9. The molecule has 1 amide bonds. The minimum absolute atomic E-state index is 0.245. The smallest absolute Gasteiger partial charge is 0.254 e. The number of para-hydroxylation sites is 3. The van der Waals surface area contributed by atoms with E-state index >= 15 is 0 Å².